The molecule has 0 aliphatic heterocycles. The van der Waals surface area contributed by atoms with Gasteiger partial charge in [0.1, 0.15) is 0 Å². The highest BCUT2D eigenvalue weighted by molar-refractivity contribution is 6.07. The fourth-order valence-electron chi connectivity index (χ4n) is 5.17. The molecule has 0 spiro atoms. The molecule has 0 unspecified atom stereocenters. The number of fused-ring (bicyclic) bond motifs is 2. The summed E-state index contributed by atoms with van der Waals surface area (Å²) in [7, 11) is 0. The lowest BCUT2D eigenvalue weighted by atomic mass is 9.70. The molecule has 0 saturated carbocycles. The summed E-state index contributed by atoms with van der Waals surface area (Å²) in [6, 6.07) is 7.56. The Kier molecular flexibility index (Phi) is 7.03. The van der Waals surface area contributed by atoms with Crippen LogP contribution in [0.4, 0.5) is 0 Å². The van der Waals surface area contributed by atoms with Crippen LogP contribution in [0, 0.1) is 25.2 Å². The van der Waals surface area contributed by atoms with Crippen molar-refractivity contribution in [1.29, 1.82) is 0 Å². The van der Waals surface area contributed by atoms with Gasteiger partial charge in [-0.25, -0.2) is 9.59 Å². The average molecular weight is 491 g/mol. The first kappa shape index (κ1) is 25.6. The normalized spacial score (nSPS) is 15.4. The molecular weight excluding hydrogens is 456 g/mol. The standard InChI is InChI=1S/C29H34N2O5/c1-7-35-27(33)24-16(2)26(30-17(24)3)23(32)15-36-28(34)25-19-10-8-9-11-21(19)31-22-13-12-18(14-20(22)25)29(4,5)6/h8-11,18,30H,7,12-15H2,1-6H3/t18-/m1/s1. The molecule has 2 heterocycles. The van der Waals surface area contributed by atoms with Gasteiger partial charge in [-0.15, -0.1) is 0 Å². The Hall–Kier alpha value is -3.48. The Morgan fingerprint density at radius 2 is 1.75 bits per heavy atom. The first-order valence-electron chi connectivity index (χ1n) is 12.5. The maximum atomic E-state index is 13.5. The van der Waals surface area contributed by atoms with Crippen molar-refractivity contribution in [2.24, 2.45) is 11.3 Å². The predicted octanol–water partition coefficient (Wildman–Crippen LogP) is 5.55. The molecule has 0 fully saturated rings. The summed E-state index contributed by atoms with van der Waals surface area (Å²) >= 11 is 0. The van der Waals surface area contributed by atoms with Crippen LogP contribution in [0.2, 0.25) is 0 Å². The topological polar surface area (TPSA) is 98.4 Å². The number of hydrogen-bond acceptors (Lipinski definition) is 6. The largest absolute Gasteiger partial charge is 0.462 e. The van der Waals surface area contributed by atoms with Gasteiger partial charge in [0, 0.05) is 16.8 Å². The van der Waals surface area contributed by atoms with Crippen LogP contribution in [0.25, 0.3) is 10.9 Å². The Morgan fingerprint density at radius 1 is 1.06 bits per heavy atom. The lowest BCUT2D eigenvalue weighted by Gasteiger charge is -2.35. The summed E-state index contributed by atoms with van der Waals surface area (Å²) in [6.45, 7) is 11.6. The van der Waals surface area contributed by atoms with Gasteiger partial charge in [0.15, 0.2) is 6.61 Å². The average Bonchev–Trinajstić information content (AvgIpc) is 3.13. The number of Topliss-reactive ketones (excluding diaryl/α,β-unsaturated/α-hetero) is 1. The second kappa shape index (κ2) is 9.88. The number of carbonyl (C=O) groups excluding carboxylic acids is 3. The van der Waals surface area contributed by atoms with E-state index in [0.29, 0.717) is 28.3 Å². The number of nitrogens with zero attached hydrogens (tertiary/aromatic N) is 1. The highest BCUT2D eigenvalue weighted by atomic mass is 16.5. The molecule has 4 rings (SSSR count). The van der Waals surface area contributed by atoms with Gasteiger partial charge in [0.05, 0.1) is 28.9 Å². The van der Waals surface area contributed by atoms with Crippen molar-refractivity contribution in [2.75, 3.05) is 13.2 Å². The highest BCUT2D eigenvalue weighted by Crippen LogP contribution is 2.39. The van der Waals surface area contributed by atoms with Crippen molar-refractivity contribution >= 4 is 28.6 Å². The molecule has 36 heavy (non-hydrogen) atoms. The number of ketones is 1. The molecular formula is C29H34N2O5. The number of pyridine rings is 1. The predicted molar refractivity (Wildman–Crippen MR) is 138 cm³/mol. The van der Waals surface area contributed by atoms with Gasteiger partial charge >= 0.3 is 11.9 Å². The molecule has 0 bridgehead atoms. The zero-order chi connectivity index (χ0) is 26.2. The second-order valence-corrected chi connectivity index (χ2v) is 10.6. The number of nitrogens with one attached hydrogen (secondary N) is 1. The number of hydrogen-bond donors (Lipinski definition) is 1. The number of aromatic nitrogens is 2. The van der Waals surface area contributed by atoms with E-state index in [0.717, 1.165) is 41.4 Å². The SMILES string of the molecule is CCOC(=O)c1c(C)[nH]c(C(=O)COC(=O)c2c3c(nc4ccccc24)CC[C@@H](C(C)(C)C)C3)c1C. The van der Waals surface area contributed by atoms with Crippen molar-refractivity contribution in [2.45, 2.75) is 60.8 Å². The van der Waals surface area contributed by atoms with Crippen molar-refractivity contribution in [3.8, 4) is 0 Å². The van der Waals surface area contributed by atoms with Crippen LogP contribution in [0.1, 0.15) is 87.8 Å². The summed E-state index contributed by atoms with van der Waals surface area (Å²) in [6.07, 6.45) is 2.56. The number of ether oxygens (including phenoxy) is 2. The van der Waals surface area contributed by atoms with E-state index in [9.17, 15) is 14.4 Å². The van der Waals surface area contributed by atoms with E-state index in [1.165, 1.54) is 0 Å². The van der Waals surface area contributed by atoms with E-state index >= 15 is 0 Å². The molecule has 0 saturated heterocycles. The fourth-order valence-corrected chi connectivity index (χ4v) is 5.17. The third-order valence-corrected chi connectivity index (χ3v) is 7.22. The highest BCUT2D eigenvalue weighted by Gasteiger charge is 2.33. The van der Waals surface area contributed by atoms with Crippen molar-refractivity contribution in [3.63, 3.8) is 0 Å². The minimum atomic E-state index is -0.528. The molecule has 1 aliphatic carbocycles. The Labute approximate surface area is 211 Å². The number of H-pyrrole nitrogens is 1. The molecule has 1 aromatic carbocycles. The van der Waals surface area contributed by atoms with E-state index < -0.39 is 24.3 Å². The molecule has 0 amide bonds. The molecule has 2 aromatic heterocycles. The number of aryl methyl sites for hydroxylation is 2. The molecule has 1 atom stereocenters. The van der Waals surface area contributed by atoms with Gasteiger partial charge in [-0.1, -0.05) is 39.0 Å². The Balaban J connectivity index is 1.63. The van der Waals surface area contributed by atoms with Crippen molar-refractivity contribution < 1.29 is 23.9 Å². The molecule has 0 radical (unpaired) electrons. The summed E-state index contributed by atoms with van der Waals surface area (Å²) in [5, 5.41) is 0.736. The van der Waals surface area contributed by atoms with Gasteiger partial charge in [-0.2, -0.15) is 0 Å². The van der Waals surface area contributed by atoms with E-state index in [1.807, 2.05) is 24.3 Å². The van der Waals surface area contributed by atoms with Gasteiger partial charge < -0.3 is 14.5 Å². The molecule has 7 heteroatoms. The molecule has 3 aromatic rings. The van der Waals surface area contributed by atoms with Crippen LogP contribution < -0.4 is 0 Å². The Morgan fingerprint density at radius 3 is 2.44 bits per heavy atom. The fraction of sp³-hybridized carbons (Fsp3) is 0.448. The second-order valence-electron chi connectivity index (χ2n) is 10.6. The number of carbonyl (C=O) groups is 3. The molecule has 1 N–H and O–H groups in total. The number of para-hydroxylation sites is 1. The van der Waals surface area contributed by atoms with Crippen LogP contribution in [-0.4, -0.2) is 40.9 Å². The van der Waals surface area contributed by atoms with E-state index in [4.69, 9.17) is 14.5 Å². The summed E-state index contributed by atoms with van der Waals surface area (Å²) in [5.41, 5.74) is 4.83. The molecule has 1 aliphatic rings. The lowest BCUT2D eigenvalue weighted by molar-refractivity contribution is 0.0471. The first-order valence-corrected chi connectivity index (χ1v) is 12.5. The monoisotopic (exact) mass is 490 g/mol. The summed E-state index contributed by atoms with van der Waals surface area (Å²) < 4.78 is 10.7. The van der Waals surface area contributed by atoms with Crippen LogP contribution >= 0.6 is 0 Å². The smallest absolute Gasteiger partial charge is 0.340 e. The van der Waals surface area contributed by atoms with Gasteiger partial charge in [-0.05, 0) is 68.6 Å². The maximum absolute atomic E-state index is 13.5. The van der Waals surface area contributed by atoms with Gasteiger partial charge in [-0.3, -0.25) is 9.78 Å². The number of esters is 2. The zero-order valence-corrected chi connectivity index (χ0v) is 21.9. The molecule has 190 valence electrons. The van der Waals surface area contributed by atoms with E-state index in [1.54, 1.807) is 20.8 Å². The van der Waals surface area contributed by atoms with E-state index in [2.05, 4.69) is 25.8 Å². The van der Waals surface area contributed by atoms with Crippen LogP contribution in [0.15, 0.2) is 24.3 Å². The van der Waals surface area contributed by atoms with Gasteiger partial charge in [0.25, 0.3) is 0 Å². The van der Waals surface area contributed by atoms with Gasteiger partial charge in [0.2, 0.25) is 5.78 Å². The van der Waals surface area contributed by atoms with E-state index in [-0.39, 0.29) is 17.7 Å². The lowest BCUT2D eigenvalue weighted by Crippen LogP contribution is -2.29. The minimum Gasteiger partial charge on any atom is -0.462 e. The zero-order valence-electron chi connectivity index (χ0n) is 21.9. The summed E-state index contributed by atoms with van der Waals surface area (Å²) in [4.78, 5) is 46.6. The maximum Gasteiger partial charge on any atom is 0.340 e. The van der Waals surface area contributed by atoms with Crippen LogP contribution in [0.3, 0.4) is 0 Å². The first-order chi connectivity index (χ1) is 17.0. The third kappa shape index (κ3) is 4.79. The number of benzene rings is 1. The third-order valence-electron chi connectivity index (χ3n) is 7.22. The summed E-state index contributed by atoms with van der Waals surface area (Å²) in [5.74, 6) is -1.01. The molecule has 7 nitrogen and oxygen atoms in total. The van der Waals surface area contributed by atoms with Crippen LogP contribution in [-0.2, 0) is 22.3 Å². The minimum absolute atomic E-state index is 0.0973. The quantitative estimate of drug-likeness (QED) is 0.359. The number of rotatable bonds is 6. The Bertz CT molecular complexity index is 1350. The van der Waals surface area contributed by atoms with Crippen molar-refractivity contribution in [3.05, 3.63) is 63.6 Å². The number of aromatic amines is 1. The van der Waals surface area contributed by atoms with Crippen LogP contribution in [0.5, 0.6) is 0 Å². The van der Waals surface area contributed by atoms with Crippen molar-refractivity contribution in [1.82, 2.24) is 9.97 Å².